The van der Waals surface area contributed by atoms with Crippen molar-refractivity contribution >= 4 is 22.7 Å². The number of alkyl halides is 3. The highest BCUT2D eigenvalue weighted by atomic mass is 32.1. The van der Waals surface area contributed by atoms with Crippen LogP contribution in [0.2, 0.25) is 0 Å². The number of aromatic nitrogens is 1. The van der Waals surface area contributed by atoms with Gasteiger partial charge in [-0.25, -0.2) is 4.98 Å². The number of piperidine rings is 1. The van der Waals surface area contributed by atoms with Crippen LogP contribution in [0.15, 0.2) is 24.4 Å². The molecule has 1 aromatic heterocycles. The number of rotatable bonds is 4. The van der Waals surface area contributed by atoms with Crippen LogP contribution in [0, 0.1) is 6.92 Å². The molecule has 1 saturated heterocycles. The summed E-state index contributed by atoms with van der Waals surface area (Å²) in [6, 6.07) is 3.98. The summed E-state index contributed by atoms with van der Waals surface area (Å²) in [6.45, 7) is 4.17. The maximum absolute atomic E-state index is 13.1. The van der Waals surface area contributed by atoms with Gasteiger partial charge in [-0.2, -0.15) is 13.2 Å². The van der Waals surface area contributed by atoms with Gasteiger partial charge in [-0.05, 0) is 44.4 Å². The largest absolute Gasteiger partial charge is 0.416 e. The van der Waals surface area contributed by atoms with Crippen LogP contribution in [-0.2, 0) is 12.7 Å². The summed E-state index contributed by atoms with van der Waals surface area (Å²) in [5.41, 5.74) is 0.771. The molecule has 1 aromatic carbocycles. The third-order valence-corrected chi connectivity index (χ3v) is 5.06. The smallest absolute Gasteiger partial charge is 0.378 e. The molecule has 3 rings (SSSR count). The predicted molar refractivity (Wildman–Crippen MR) is 91.7 cm³/mol. The number of hydrogen-bond acceptors (Lipinski definition) is 4. The molecule has 3 nitrogen and oxygen atoms in total. The normalized spacial score (nSPS) is 15.6. The first-order valence-electron chi connectivity index (χ1n) is 8.05. The number of aryl methyl sites for hydroxylation is 1. The number of anilines is 2. The Morgan fingerprint density at radius 3 is 2.58 bits per heavy atom. The molecule has 1 aliphatic heterocycles. The zero-order valence-electron chi connectivity index (χ0n) is 13.5. The zero-order chi connectivity index (χ0) is 17.2. The van der Waals surface area contributed by atoms with Gasteiger partial charge in [-0.15, -0.1) is 11.3 Å². The third kappa shape index (κ3) is 4.01. The van der Waals surface area contributed by atoms with Gasteiger partial charge in [0.05, 0.1) is 28.5 Å². The highest BCUT2D eigenvalue weighted by Gasteiger charge is 2.31. The minimum absolute atomic E-state index is 0.480. The summed E-state index contributed by atoms with van der Waals surface area (Å²) in [7, 11) is 0. The SMILES string of the molecule is Cc1ncc(CNc2cc(C(F)(F)F)ccc2N2CCCCC2)s1. The standard InChI is InChI=1S/C17H20F3N3S/c1-12-21-10-14(24-12)11-22-15-9-13(17(18,19)20)5-6-16(15)23-7-3-2-4-8-23/h5-6,9-10,22H,2-4,7-8,11H2,1H3. The van der Waals surface area contributed by atoms with E-state index in [-0.39, 0.29) is 0 Å². The van der Waals surface area contributed by atoms with Gasteiger partial charge in [0, 0.05) is 24.2 Å². The molecule has 1 aliphatic rings. The van der Waals surface area contributed by atoms with Gasteiger partial charge in [-0.1, -0.05) is 0 Å². The van der Waals surface area contributed by atoms with E-state index in [0.717, 1.165) is 41.5 Å². The van der Waals surface area contributed by atoms with Gasteiger partial charge in [0.1, 0.15) is 0 Å². The summed E-state index contributed by atoms with van der Waals surface area (Å²) in [5.74, 6) is 0. The average molecular weight is 355 g/mol. The quantitative estimate of drug-likeness (QED) is 0.830. The molecular formula is C17H20F3N3S. The van der Waals surface area contributed by atoms with Crippen molar-refractivity contribution in [3.63, 3.8) is 0 Å². The molecule has 1 fully saturated rings. The lowest BCUT2D eigenvalue weighted by Crippen LogP contribution is -2.30. The monoisotopic (exact) mass is 355 g/mol. The maximum atomic E-state index is 13.1. The molecule has 0 unspecified atom stereocenters. The molecule has 1 N–H and O–H groups in total. The number of nitrogens with zero attached hydrogens (tertiary/aromatic N) is 2. The number of nitrogens with one attached hydrogen (secondary N) is 1. The van der Waals surface area contributed by atoms with Crippen LogP contribution in [-0.4, -0.2) is 18.1 Å². The van der Waals surface area contributed by atoms with Crippen molar-refractivity contribution in [1.82, 2.24) is 4.98 Å². The van der Waals surface area contributed by atoms with E-state index < -0.39 is 11.7 Å². The van der Waals surface area contributed by atoms with E-state index in [1.807, 2.05) is 6.92 Å². The number of thiazole rings is 1. The maximum Gasteiger partial charge on any atom is 0.416 e. The van der Waals surface area contributed by atoms with E-state index >= 15 is 0 Å². The summed E-state index contributed by atoms with van der Waals surface area (Å²) >= 11 is 1.55. The number of halogens is 3. The Hall–Kier alpha value is -1.76. The van der Waals surface area contributed by atoms with Crippen LogP contribution in [0.25, 0.3) is 0 Å². The van der Waals surface area contributed by atoms with Gasteiger partial charge in [0.2, 0.25) is 0 Å². The fraction of sp³-hybridized carbons (Fsp3) is 0.471. The first kappa shape index (κ1) is 17.1. The molecule has 0 saturated carbocycles. The zero-order valence-corrected chi connectivity index (χ0v) is 14.3. The average Bonchev–Trinajstić information content (AvgIpc) is 2.98. The Morgan fingerprint density at radius 2 is 1.96 bits per heavy atom. The summed E-state index contributed by atoms with van der Waals surface area (Å²) in [4.78, 5) is 7.37. The molecule has 130 valence electrons. The van der Waals surface area contributed by atoms with Gasteiger partial charge in [0.25, 0.3) is 0 Å². The second-order valence-electron chi connectivity index (χ2n) is 5.98. The highest BCUT2D eigenvalue weighted by molar-refractivity contribution is 7.11. The molecule has 0 spiro atoms. The van der Waals surface area contributed by atoms with E-state index in [4.69, 9.17) is 0 Å². The van der Waals surface area contributed by atoms with Crippen molar-refractivity contribution < 1.29 is 13.2 Å². The minimum atomic E-state index is -4.34. The molecule has 7 heteroatoms. The molecule has 0 radical (unpaired) electrons. The van der Waals surface area contributed by atoms with Crippen molar-refractivity contribution in [2.75, 3.05) is 23.3 Å². The topological polar surface area (TPSA) is 28.2 Å². The van der Waals surface area contributed by atoms with Crippen molar-refractivity contribution in [1.29, 1.82) is 0 Å². The van der Waals surface area contributed by atoms with Crippen molar-refractivity contribution in [2.24, 2.45) is 0 Å². The van der Waals surface area contributed by atoms with Crippen LogP contribution < -0.4 is 10.2 Å². The fourth-order valence-corrected chi connectivity index (χ4v) is 3.67. The summed E-state index contributed by atoms with van der Waals surface area (Å²) in [6.07, 6.45) is 0.766. The van der Waals surface area contributed by atoms with Gasteiger partial charge < -0.3 is 10.2 Å². The van der Waals surface area contributed by atoms with Crippen LogP contribution in [0.5, 0.6) is 0 Å². The fourth-order valence-electron chi connectivity index (χ4n) is 2.93. The highest BCUT2D eigenvalue weighted by Crippen LogP contribution is 2.36. The summed E-state index contributed by atoms with van der Waals surface area (Å²) < 4.78 is 39.2. The first-order chi connectivity index (χ1) is 11.4. The van der Waals surface area contributed by atoms with E-state index in [2.05, 4.69) is 15.2 Å². The lowest BCUT2D eigenvalue weighted by Gasteiger charge is -2.31. The van der Waals surface area contributed by atoms with Crippen molar-refractivity contribution in [3.05, 3.63) is 39.8 Å². The molecule has 24 heavy (non-hydrogen) atoms. The Labute approximate surface area is 143 Å². The molecule has 0 aliphatic carbocycles. The number of benzene rings is 1. The second-order valence-corrected chi connectivity index (χ2v) is 7.30. The molecular weight excluding hydrogens is 335 g/mol. The van der Waals surface area contributed by atoms with Crippen molar-refractivity contribution in [2.45, 2.75) is 38.9 Å². The number of hydrogen-bond donors (Lipinski definition) is 1. The molecule has 0 amide bonds. The third-order valence-electron chi connectivity index (χ3n) is 4.14. The Bertz CT molecular complexity index is 691. The van der Waals surface area contributed by atoms with Crippen LogP contribution in [0.3, 0.4) is 0 Å². The Morgan fingerprint density at radius 1 is 1.21 bits per heavy atom. The lowest BCUT2D eigenvalue weighted by atomic mass is 10.1. The van der Waals surface area contributed by atoms with Crippen LogP contribution in [0.1, 0.15) is 34.7 Å². The predicted octanol–water partition coefficient (Wildman–Crippen LogP) is 5.07. The Balaban J connectivity index is 1.86. The summed E-state index contributed by atoms with van der Waals surface area (Å²) in [5, 5.41) is 4.13. The van der Waals surface area contributed by atoms with E-state index in [1.165, 1.54) is 18.6 Å². The molecule has 0 bridgehead atoms. The molecule has 2 heterocycles. The second kappa shape index (κ2) is 7.01. The van der Waals surface area contributed by atoms with Gasteiger partial charge in [0.15, 0.2) is 0 Å². The van der Waals surface area contributed by atoms with E-state index in [1.54, 1.807) is 23.6 Å². The Kier molecular flexibility index (Phi) is 4.99. The van der Waals surface area contributed by atoms with E-state index in [9.17, 15) is 13.2 Å². The molecule has 2 aromatic rings. The van der Waals surface area contributed by atoms with Crippen LogP contribution in [0.4, 0.5) is 24.5 Å². The van der Waals surface area contributed by atoms with E-state index in [0.29, 0.717) is 12.2 Å². The van der Waals surface area contributed by atoms with Gasteiger partial charge >= 0.3 is 6.18 Å². The van der Waals surface area contributed by atoms with Gasteiger partial charge in [-0.3, -0.25) is 0 Å². The van der Waals surface area contributed by atoms with Crippen LogP contribution >= 0.6 is 11.3 Å². The first-order valence-corrected chi connectivity index (χ1v) is 8.86. The molecule has 0 atom stereocenters. The minimum Gasteiger partial charge on any atom is -0.378 e. The van der Waals surface area contributed by atoms with Crippen molar-refractivity contribution in [3.8, 4) is 0 Å². The lowest BCUT2D eigenvalue weighted by molar-refractivity contribution is -0.137.